The maximum atomic E-state index is 13.5. The lowest BCUT2D eigenvalue weighted by Crippen LogP contribution is -2.16. The first-order chi connectivity index (χ1) is 13.7. The van der Waals surface area contributed by atoms with Crippen LogP contribution in [0.3, 0.4) is 0 Å². The molecule has 4 rings (SSSR count). The highest BCUT2D eigenvalue weighted by molar-refractivity contribution is 5.64. The second-order valence-corrected chi connectivity index (χ2v) is 6.26. The number of nitriles is 1. The number of fused-ring (bicyclic) bond motifs is 1. The second-order valence-electron chi connectivity index (χ2n) is 6.26. The Morgan fingerprint density at radius 1 is 1.14 bits per heavy atom. The molecular weight excluding hydrogens is 357 g/mol. The van der Waals surface area contributed by atoms with Crippen molar-refractivity contribution < 1.29 is 9.50 Å². The lowest BCUT2D eigenvalue weighted by Gasteiger charge is -2.17. The molecule has 0 unspecified atom stereocenters. The van der Waals surface area contributed by atoms with E-state index in [0.29, 0.717) is 22.6 Å². The van der Waals surface area contributed by atoms with Gasteiger partial charge in [-0.2, -0.15) is 5.26 Å². The molecule has 0 aliphatic rings. The number of rotatable bonds is 5. The van der Waals surface area contributed by atoms with Crippen LogP contribution < -0.4 is 5.32 Å². The molecular formula is C21H16FN5O. The number of aliphatic hydroxyl groups excluding tert-OH is 1. The topological polar surface area (TPSA) is 86.2 Å². The van der Waals surface area contributed by atoms with Crippen LogP contribution in [-0.2, 0) is 0 Å². The van der Waals surface area contributed by atoms with Crippen molar-refractivity contribution in [1.29, 1.82) is 5.26 Å². The van der Waals surface area contributed by atoms with E-state index in [0.717, 1.165) is 11.3 Å². The van der Waals surface area contributed by atoms with E-state index >= 15 is 0 Å². The summed E-state index contributed by atoms with van der Waals surface area (Å²) in [4.78, 5) is 4.36. The molecule has 0 amide bonds. The van der Waals surface area contributed by atoms with Crippen molar-refractivity contribution in [2.45, 2.75) is 6.04 Å². The number of nitrogens with zero attached hydrogens (tertiary/aromatic N) is 4. The average molecular weight is 373 g/mol. The van der Waals surface area contributed by atoms with Gasteiger partial charge in [-0.15, -0.1) is 5.10 Å². The Labute approximate surface area is 160 Å². The van der Waals surface area contributed by atoms with Gasteiger partial charge in [0.25, 0.3) is 0 Å². The van der Waals surface area contributed by atoms with Gasteiger partial charge in [0, 0.05) is 5.56 Å². The Morgan fingerprint density at radius 3 is 2.68 bits per heavy atom. The zero-order chi connectivity index (χ0) is 19.5. The van der Waals surface area contributed by atoms with E-state index in [4.69, 9.17) is 5.26 Å². The van der Waals surface area contributed by atoms with Crippen LogP contribution >= 0.6 is 0 Å². The van der Waals surface area contributed by atoms with Gasteiger partial charge in [0.15, 0.2) is 5.65 Å². The number of nitrogens with one attached hydrogen (secondary N) is 1. The van der Waals surface area contributed by atoms with Crippen LogP contribution in [0, 0.1) is 17.1 Å². The molecule has 0 saturated heterocycles. The third-order valence-corrected chi connectivity index (χ3v) is 4.43. The number of imidazole rings is 1. The van der Waals surface area contributed by atoms with Crippen LogP contribution in [0.5, 0.6) is 0 Å². The van der Waals surface area contributed by atoms with Gasteiger partial charge in [-0.25, -0.2) is 13.9 Å². The zero-order valence-corrected chi connectivity index (χ0v) is 14.7. The van der Waals surface area contributed by atoms with Crippen LogP contribution in [-0.4, -0.2) is 26.3 Å². The predicted octanol–water partition coefficient (Wildman–Crippen LogP) is 3.55. The SMILES string of the molecule is N#Cc1ccc(-c2cnc3ccc(N[C@H](CO)c4cccc(F)c4)nn23)cc1. The standard InChI is InChI=1S/C21H16FN5O/c22-17-3-1-2-16(10-17)18(13-28)25-20-8-9-21-24-12-19(27(21)26-20)15-6-4-14(11-23)5-7-15/h1-10,12,18,28H,13H2,(H,25,26)/t18-/m1/s1. The molecule has 2 aromatic carbocycles. The van der Waals surface area contributed by atoms with Crippen LogP contribution in [0.25, 0.3) is 16.9 Å². The Bertz CT molecular complexity index is 1160. The van der Waals surface area contributed by atoms with Crippen LogP contribution in [0.2, 0.25) is 0 Å². The van der Waals surface area contributed by atoms with E-state index in [2.05, 4.69) is 21.5 Å². The molecule has 2 heterocycles. The van der Waals surface area contributed by atoms with E-state index < -0.39 is 6.04 Å². The summed E-state index contributed by atoms with van der Waals surface area (Å²) in [5.74, 6) is 0.155. The van der Waals surface area contributed by atoms with E-state index in [1.807, 2.05) is 18.2 Å². The maximum absolute atomic E-state index is 13.5. The normalized spacial score (nSPS) is 11.9. The number of anilines is 1. The summed E-state index contributed by atoms with van der Waals surface area (Å²) in [6, 6.07) is 18.4. The minimum Gasteiger partial charge on any atom is -0.394 e. The highest BCUT2D eigenvalue weighted by atomic mass is 19.1. The smallest absolute Gasteiger partial charge is 0.154 e. The third-order valence-electron chi connectivity index (χ3n) is 4.43. The van der Waals surface area contributed by atoms with E-state index in [-0.39, 0.29) is 12.4 Å². The second kappa shape index (κ2) is 7.47. The molecule has 0 fully saturated rings. The van der Waals surface area contributed by atoms with Crippen molar-refractivity contribution >= 4 is 11.5 Å². The summed E-state index contributed by atoms with van der Waals surface area (Å²) in [5.41, 5.74) is 3.52. The summed E-state index contributed by atoms with van der Waals surface area (Å²) in [6.45, 7) is -0.213. The fourth-order valence-electron chi connectivity index (χ4n) is 3.00. The van der Waals surface area contributed by atoms with Gasteiger partial charge >= 0.3 is 0 Å². The zero-order valence-electron chi connectivity index (χ0n) is 14.7. The Balaban J connectivity index is 1.68. The van der Waals surface area contributed by atoms with Crippen molar-refractivity contribution in [3.05, 3.63) is 83.8 Å². The number of halogens is 1. The maximum Gasteiger partial charge on any atom is 0.154 e. The summed E-state index contributed by atoms with van der Waals surface area (Å²) in [7, 11) is 0. The van der Waals surface area contributed by atoms with Crippen molar-refractivity contribution in [3.63, 3.8) is 0 Å². The van der Waals surface area contributed by atoms with Crippen LogP contribution in [0.15, 0.2) is 66.9 Å². The number of benzene rings is 2. The molecule has 2 N–H and O–H groups in total. The molecule has 0 radical (unpaired) electrons. The summed E-state index contributed by atoms with van der Waals surface area (Å²) >= 11 is 0. The minimum absolute atomic E-state index is 0.213. The van der Waals surface area contributed by atoms with Gasteiger partial charge in [-0.1, -0.05) is 24.3 Å². The van der Waals surface area contributed by atoms with E-state index in [9.17, 15) is 9.50 Å². The van der Waals surface area contributed by atoms with Gasteiger partial charge < -0.3 is 10.4 Å². The lowest BCUT2D eigenvalue weighted by atomic mass is 10.1. The molecule has 4 aromatic rings. The molecule has 0 spiro atoms. The molecule has 28 heavy (non-hydrogen) atoms. The first-order valence-electron chi connectivity index (χ1n) is 8.66. The van der Waals surface area contributed by atoms with Crippen molar-refractivity contribution in [3.8, 4) is 17.3 Å². The molecule has 6 nitrogen and oxygen atoms in total. The quantitative estimate of drug-likeness (QED) is 0.559. The fourth-order valence-corrected chi connectivity index (χ4v) is 3.00. The first-order valence-corrected chi connectivity index (χ1v) is 8.66. The molecule has 7 heteroatoms. The van der Waals surface area contributed by atoms with Crippen molar-refractivity contribution in [1.82, 2.24) is 14.6 Å². The lowest BCUT2D eigenvalue weighted by molar-refractivity contribution is 0.276. The third kappa shape index (κ3) is 3.41. The monoisotopic (exact) mass is 373 g/mol. The molecule has 0 bridgehead atoms. The number of aliphatic hydroxyl groups is 1. The van der Waals surface area contributed by atoms with Gasteiger partial charge in [-0.05, 0) is 42.0 Å². The predicted molar refractivity (Wildman–Crippen MR) is 103 cm³/mol. The van der Waals surface area contributed by atoms with Gasteiger partial charge in [0.05, 0.1) is 36.2 Å². The largest absolute Gasteiger partial charge is 0.394 e. The van der Waals surface area contributed by atoms with Gasteiger partial charge in [0.2, 0.25) is 0 Å². The summed E-state index contributed by atoms with van der Waals surface area (Å²) < 4.78 is 15.2. The average Bonchev–Trinajstić information content (AvgIpc) is 3.15. The highest BCUT2D eigenvalue weighted by Gasteiger charge is 2.13. The molecule has 0 saturated carbocycles. The first kappa shape index (κ1) is 17.6. The van der Waals surface area contributed by atoms with Gasteiger partial charge in [-0.3, -0.25) is 0 Å². The molecule has 0 aliphatic carbocycles. The molecule has 138 valence electrons. The molecule has 2 aromatic heterocycles. The highest BCUT2D eigenvalue weighted by Crippen LogP contribution is 2.23. The van der Waals surface area contributed by atoms with E-state index in [1.54, 1.807) is 41.0 Å². The Morgan fingerprint density at radius 2 is 1.96 bits per heavy atom. The number of hydrogen-bond donors (Lipinski definition) is 2. The Kier molecular flexibility index (Phi) is 4.70. The van der Waals surface area contributed by atoms with Crippen molar-refractivity contribution in [2.75, 3.05) is 11.9 Å². The van der Waals surface area contributed by atoms with E-state index in [1.165, 1.54) is 12.1 Å². The van der Waals surface area contributed by atoms with Crippen LogP contribution in [0.1, 0.15) is 17.2 Å². The molecule has 1 atom stereocenters. The minimum atomic E-state index is -0.498. The number of hydrogen-bond acceptors (Lipinski definition) is 5. The summed E-state index contributed by atoms with van der Waals surface area (Å²) in [5, 5.41) is 26.4. The molecule has 0 aliphatic heterocycles. The van der Waals surface area contributed by atoms with Crippen LogP contribution in [0.4, 0.5) is 10.2 Å². The summed E-state index contributed by atoms with van der Waals surface area (Å²) in [6.07, 6.45) is 1.71. The van der Waals surface area contributed by atoms with Crippen molar-refractivity contribution in [2.24, 2.45) is 0 Å². The van der Waals surface area contributed by atoms with Gasteiger partial charge in [0.1, 0.15) is 11.6 Å². The fraction of sp³-hybridized carbons (Fsp3) is 0.0952. The number of aromatic nitrogens is 3. The Hall–Kier alpha value is -3.76.